The first-order valence-corrected chi connectivity index (χ1v) is 2.54. The van der Waals surface area contributed by atoms with E-state index in [0.717, 1.165) is 0 Å². The molecule has 0 amide bonds. The minimum atomic E-state index is 0.183. The molecule has 0 fully saturated rings. The van der Waals surface area contributed by atoms with Gasteiger partial charge < -0.3 is 0 Å². The summed E-state index contributed by atoms with van der Waals surface area (Å²) in [4.78, 5) is 10.2. The van der Waals surface area contributed by atoms with Crippen LogP contribution in [0.3, 0.4) is 0 Å². The molecule has 0 radical (unpaired) electrons. The van der Waals surface area contributed by atoms with Gasteiger partial charge >= 0.3 is 0 Å². The molecule has 1 nitrogen and oxygen atoms in total. The Morgan fingerprint density at radius 2 is 2.38 bits per heavy atom. The van der Waals surface area contributed by atoms with E-state index in [-0.39, 0.29) is 5.78 Å². The lowest BCUT2D eigenvalue weighted by molar-refractivity contribution is -0.116. The van der Waals surface area contributed by atoms with Gasteiger partial charge in [-0.25, -0.2) is 0 Å². The zero-order valence-corrected chi connectivity index (χ0v) is 5.05. The molecule has 1 heteroatoms. The third-order valence-corrected chi connectivity index (χ3v) is 0.677. The van der Waals surface area contributed by atoms with Gasteiger partial charge in [-0.1, -0.05) is 24.8 Å². The van der Waals surface area contributed by atoms with Gasteiger partial charge in [-0.2, -0.15) is 0 Å². The number of rotatable bonds is 3. The van der Waals surface area contributed by atoms with E-state index < -0.39 is 0 Å². The van der Waals surface area contributed by atoms with Crippen LogP contribution in [0.5, 0.6) is 0 Å². The van der Waals surface area contributed by atoms with Crippen LogP contribution in [-0.4, -0.2) is 5.78 Å². The summed E-state index contributed by atoms with van der Waals surface area (Å²) < 4.78 is 0. The maximum Gasteiger partial charge on any atom is 0.133 e. The van der Waals surface area contributed by atoms with Crippen LogP contribution in [0.2, 0.25) is 0 Å². The number of ketones is 1. The maximum atomic E-state index is 10.2. The normalized spacial score (nSPS) is 9.62. The van der Waals surface area contributed by atoms with Gasteiger partial charge in [-0.3, -0.25) is 4.79 Å². The molecule has 0 aliphatic heterocycles. The van der Waals surface area contributed by atoms with E-state index in [1.807, 2.05) is 0 Å². The lowest BCUT2D eigenvalue weighted by Crippen LogP contribution is -1.82. The number of carbonyl (C=O) groups is 1. The summed E-state index contributed by atoms with van der Waals surface area (Å²) in [5.41, 5.74) is 0. The van der Waals surface area contributed by atoms with E-state index in [4.69, 9.17) is 0 Å². The molecule has 0 unspecified atom stereocenters. The van der Waals surface area contributed by atoms with E-state index in [1.54, 1.807) is 25.2 Å². The molecule has 0 aromatic carbocycles. The maximum absolute atomic E-state index is 10.2. The van der Waals surface area contributed by atoms with Gasteiger partial charge in [-0.15, -0.1) is 0 Å². The van der Waals surface area contributed by atoms with Gasteiger partial charge in [0.2, 0.25) is 0 Å². The van der Waals surface area contributed by atoms with Crippen LogP contribution in [0.1, 0.15) is 13.3 Å². The highest BCUT2D eigenvalue weighted by molar-refractivity contribution is 5.76. The molecule has 0 N–H and O–H groups in total. The zero-order chi connectivity index (χ0) is 6.41. The highest BCUT2D eigenvalue weighted by Crippen LogP contribution is 1.83. The predicted octanol–water partition coefficient (Wildman–Crippen LogP) is 1.71. The number of allylic oxidation sites excluding steroid dienone is 3. The first-order chi connectivity index (χ1) is 3.77. The molecule has 8 heavy (non-hydrogen) atoms. The molecule has 0 aromatic heterocycles. The summed E-state index contributed by atoms with van der Waals surface area (Å²) in [6, 6.07) is 0. The van der Waals surface area contributed by atoms with Crippen molar-refractivity contribution in [1.82, 2.24) is 0 Å². The number of hydrogen-bond donors (Lipinski definition) is 0. The average molecular weight is 110 g/mol. The monoisotopic (exact) mass is 110 g/mol. The van der Waals surface area contributed by atoms with Crippen molar-refractivity contribution in [2.45, 2.75) is 13.3 Å². The number of carbonyl (C=O) groups excluding carboxylic acids is 1. The van der Waals surface area contributed by atoms with E-state index in [2.05, 4.69) is 6.58 Å². The Kier molecular flexibility index (Phi) is 3.85. The van der Waals surface area contributed by atoms with Crippen LogP contribution in [0.15, 0.2) is 24.8 Å². The largest absolute Gasteiger partial charge is 0.300 e. The first kappa shape index (κ1) is 7.15. The van der Waals surface area contributed by atoms with Crippen molar-refractivity contribution in [3.63, 3.8) is 0 Å². The topological polar surface area (TPSA) is 17.1 Å². The minimum Gasteiger partial charge on any atom is -0.300 e. The Balaban J connectivity index is 3.29. The SMILES string of the molecule is C=CC=CCC(C)=O. The summed E-state index contributed by atoms with van der Waals surface area (Å²) in [7, 11) is 0. The third kappa shape index (κ3) is 5.15. The molecule has 44 valence electrons. The Bertz CT molecular complexity index is 112. The molecule has 0 saturated carbocycles. The second-order valence-electron chi connectivity index (χ2n) is 1.57. The van der Waals surface area contributed by atoms with Gasteiger partial charge in [0.05, 0.1) is 0 Å². The molecular weight excluding hydrogens is 100 g/mol. The highest BCUT2D eigenvalue weighted by Gasteiger charge is 1.82. The van der Waals surface area contributed by atoms with Crippen LogP contribution in [0.4, 0.5) is 0 Å². The van der Waals surface area contributed by atoms with Crippen LogP contribution in [0, 0.1) is 0 Å². The Morgan fingerprint density at radius 1 is 1.75 bits per heavy atom. The van der Waals surface area contributed by atoms with Crippen LogP contribution in [0.25, 0.3) is 0 Å². The predicted molar refractivity (Wildman–Crippen MR) is 34.6 cm³/mol. The van der Waals surface area contributed by atoms with Crippen molar-refractivity contribution in [1.29, 1.82) is 0 Å². The average Bonchev–Trinajstić information content (AvgIpc) is 1.66. The summed E-state index contributed by atoms with van der Waals surface area (Å²) in [6.07, 6.45) is 5.73. The van der Waals surface area contributed by atoms with E-state index in [9.17, 15) is 4.79 Å². The summed E-state index contributed by atoms with van der Waals surface area (Å²) in [6.45, 7) is 5.02. The molecule has 0 atom stereocenters. The van der Waals surface area contributed by atoms with Crippen molar-refractivity contribution in [3.05, 3.63) is 24.8 Å². The fourth-order valence-electron chi connectivity index (χ4n) is 0.330. The summed E-state index contributed by atoms with van der Waals surface area (Å²) in [5.74, 6) is 0.183. The van der Waals surface area contributed by atoms with Crippen molar-refractivity contribution in [2.75, 3.05) is 0 Å². The van der Waals surface area contributed by atoms with Gasteiger partial charge in [0, 0.05) is 6.42 Å². The van der Waals surface area contributed by atoms with Crippen LogP contribution >= 0.6 is 0 Å². The molecule has 0 spiro atoms. The Morgan fingerprint density at radius 3 is 2.75 bits per heavy atom. The van der Waals surface area contributed by atoms with Crippen molar-refractivity contribution < 1.29 is 4.79 Å². The Hall–Kier alpha value is -0.850. The standard InChI is InChI=1S/C7H10O/c1-3-4-5-6-7(2)8/h3-5H,1,6H2,2H3. The van der Waals surface area contributed by atoms with Gasteiger partial charge in [0.25, 0.3) is 0 Å². The summed E-state index contributed by atoms with van der Waals surface area (Å²) in [5, 5.41) is 0. The minimum absolute atomic E-state index is 0.183. The fraction of sp³-hybridized carbons (Fsp3) is 0.286. The molecule has 0 heterocycles. The van der Waals surface area contributed by atoms with Crippen molar-refractivity contribution in [3.8, 4) is 0 Å². The summed E-state index contributed by atoms with van der Waals surface area (Å²) >= 11 is 0. The van der Waals surface area contributed by atoms with E-state index in [0.29, 0.717) is 6.42 Å². The lowest BCUT2D eigenvalue weighted by Gasteiger charge is -1.78. The van der Waals surface area contributed by atoms with Gasteiger partial charge in [0.15, 0.2) is 0 Å². The van der Waals surface area contributed by atoms with Gasteiger partial charge in [0.1, 0.15) is 5.78 Å². The molecule has 0 aromatic rings. The zero-order valence-electron chi connectivity index (χ0n) is 5.05. The van der Waals surface area contributed by atoms with Crippen molar-refractivity contribution in [2.24, 2.45) is 0 Å². The van der Waals surface area contributed by atoms with Crippen LogP contribution < -0.4 is 0 Å². The quantitative estimate of drug-likeness (QED) is 0.505. The van der Waals surface area contributed by atoms with Gasteiger partial charge in [-0.05, 0) is 6.92 Å². The molecule has 0 aliphatic carbocycles. The first-order valence-electron chi connectivity index (χ1n) is 2.54. The van der Waals surface area contributed by atoms with E-state index in [1.165, 1.54) is 0 Å². The highest BCUT2D eigenvalue weighted by atomic mass is 16.1. The second kappa shape index (κ2) is 4.31. The number of hydrogen-bond acceptors (Lipinski definition) is 1. The molecule has 0 aliphatic rings. The second-order valence-corrected chi connectivity index (χ2v) is 1.57. The Labute approximate surface area is 49.7 Å². The fourth-order valence-corrected chi connectivity index (χ4v) is 0.330. The molecule has 0 rings (SSSR count). The third-order valence-electron chi connectivity index (χ3n) is 0.677. The van der Waals surface area contributed by atoms with Crippen molar-refractivity contribution >= 4 is 5.78 Å². The van der Waals surface area contributed by atoms with Crippen LogP contribution in [-0.2, 0) is 4.79 Å². The lowest BCUT2D eigenvalue weighted by atomic mass is 10.3. The molecule has 0 bridgehead atoms. The molecular formula is C7H10O. The smallest absolute Gasteiger partial charge is 0.133 e. The number of Topliss-reactive ketones (excluding diaryl/α,β-unsaturated/α-hetero) is 1. The van der Waals surface area contributed by atoms with E-state index >= 15 is 0 Å². The molecule has 0 saturated heterocycles.